The van der Waals surface area contributed by atoms with Crippen LogP contribution in [0.15, 0.2) is 53.6 Å². The molecular weight excluding hydrogens is 458 g/mol. The number of aromatic nitrogens is 1. The molecule has 2 heterocycles. The molecule has 9 heteroatoms. The molecule has 0 saturated carbocycles. The Kier molecular flexibility index (Phi) is 7.11. The molecule has 0 aliphatic carbocycles. The lowest BCUT2D eigenvalue weighted by Gasteiger charge is -2.23. The maximum absolute atomic E-state index is 11.7. The van der Waals surface area contributed by atoms with Gasteiger partial charge in [-0.3, -0.25) is 4.90 Å². The molecule has 0 radical (unpaired) electrons. The molecule has 3 aromatic rings. The second-order valence-electron chi connectivity index (χ2n) is 8.23. The highest BCUT2D eigenvalue weighted by molar-refractivity contribution is 7.90. The Morgan fingerprint density at radius 3 is 2.70 bits per heavy atom. The van der Waals surface area contributed by atoms with Gasteiger partial charge in [-0.15, -0.1) is 11.3 Å². The summed E-state index contributed by atoms with van der Waals surface area (Å²) in [6, 6.07) is 12.6. The Labute approximate surface area is 198 Å². The number of carbonyl (C=O) groups excluding carboxylic acids is 1. The molecule has 1 aliphatic rings. The van der Waals surface area contributed by atoms with Gasteiger partial charge in [-0.1, -0.05) is 0 Å². The van der Waals surface area contributed by atoms with Gasteiger partial charge in [0.05, 0.1) is 11.4 Å². The summed E-state index contributed by atoms with van der Waals surface area (Å²) in [4.78, 5) is 19.1. The Balaban J connectivity index is 1.60. The number of nitrogens with one attached hydrogen (secondary N) is 1. The van der Waals surface area contributed by atoms with E-state index in [9.17, 15) is 13.2 Å². The summed E-state index contributed by atoms with van der Waals surface area (Å²) in [6.45, 7) is 3.37. The molecule has 0 bridgehead atoms. The first-order valence-corrected chi connectivity index (χ1v) is 13.5. The maximum Gasteiger partial charge on any atom is 0.187 e. The molecule has 1 aromatic heterocycles. The molecule has 33 heavy (non-hydrogen) atoms. The van der Waals surface area contributed by atoms with E-state index in [0.29, 0.717) is 18.0 Å². The highest BCUT2D eigenvalue weighted by Crippen LogP contribution is 2.33. The highest BCUT2D eigenvalue weighted by atomic mass is 32.2. The molecule has 1 N–H and O–H groups in total. The zero-order chi connectivity index (χ0) is 23.4. The van der Waals surface area contributed by atoms with Gasteiger partial charge in [-0.05, 0) is 80.8 Å². The van der Waals surface area contributed by atoms with Crippen molar-refractivity contribution in [2.24, 2.45) is 0 Å². The van der Waals surface area contributed by atoms with Crippen molar-refractivity contribution in [1.29, 1.82) is 0 Å². The molecule has 1 unspecified atom stereocenters. The van der Waals surface area contributed by atoms with Gasteiger partial charge in [0.15, 0.2) is 15.0 Å². The zero-order valence-corrected chi connectivity index (χ0v) is 20.3. The van der Waals surface area contributed by atoms with Crippen LogP contribution in [0.3, 0.4) is 0 Å². The summed E-state index contributed by atoms with van der Waals surface area (Å²) in [6.07, 6.45) is 6.82. The average molecular weight is 486 g/mol. The van der Waals surface area contributed by atoms with Crippen molar-refractivity contribution in [2.75, 3.05) is 24.7 Å². The lowest BCUT2D eigenvalue weighted by Crippen LogP contribution is -2.32. The number of benzene rings is 2. The first kappa shape index (κ1) is 23.4. The maximum atomic E-state index is 11.7. The van der Waals surface area contributed by atoms with Gasteiger partial charge < -0.3 is 14.8 Å². The topological polar surface area (TPSA) is 88.6 Å². The van der Waals surface area contributed by atoms with Crippen LogP contribution in [0.5, 0.6) is 11.5 Å². The van der Waals surface area contributed by atoms with Crippen LogP contribution in [-0.2, 0) is 21.1 Å². The third-order valence-electron chi connectivity index (χ3n) is 5.68. The van der Waals surface area contributed by atoms with Crippen molar-refractivity contribution in [3.05, 3.63) is 59.1 Å². The SMILES string of the molecule is Cc1cnc(Nc2ccc(Oc3ccc(S(C)(=O)=O)cc3)c(CC3CCCN3CC=O)c2)s1. The van der Waals surface area contributed by atoms with Crippen LogP contribution in [0, 0.1) is 6.92 Å². The van der Waals surface area contributed by atoms with Gasteiger partial charge >= 0.3 is 0 Å². The lowest BCUT2D eigenvalue weighted by atomic mass is 10.0. The fourth-order valence-corrected chi connectivity index (χ4v) is 5.37. The largest absolute Gasteiger partial charge is 0.457 e. The Morgan fingerprint density at radius 2 is 2.03 bits per heavy atom. The standard InChI is InChI=1S/C24H27N3O4S2/c1-17-16-25-24(32-17)26-19-5-10-23(31-21-6-8-22(9-7-21)33(2,29)30)18(14-19)15-20-4-3-11-27(20)12-13-28/h5-10,13-14,16,20H,3-4,11-12,15H2,1-2H3,(H,25,26). The van der Waals surface area contributed by atoms with Crippen LogP contribution >= 0.6 is 11.3 Å². The first-order valence-electron chi connectivity index (χ1n) is 10.8. The van der Waals surface area contributed by atoms with Crippen molar-refractivity contribution in [2.45, 2.75) is 37.1 Å². The van der Waals surface area contributed by atoms with E-state index in [2.05, 4.69) is 21.3 Å². The number of anilines is 2. The molecular formula is C24H27N3O4S2. The molecule has 1 atom stereocenters. The number of carbonyl (C=O) groups is 1. The minimum atomic E-state index is -3.26. The number of rotatable bonds is 9. The number of sulfone groups is 1. The number of aldehydes is 1. The summed E-state index contributed by atoms with van der Waals surface area (Å²) < 4.78 is 29.7. The minimum Gasteiger partial charge on any atom is -0.457 e. The number of thiazole rings is 1. The molecule has 0 amide bonds. The molecule has 4 rings (SSSR count). The first-order chi connectivity index (χ1) is 15.8. The molecule has 7 nitrogen and oxygen atoms in total. The quantitative estimate of drug-likeness (QED) is 0.443. The van der Waals surface area contributed by atoms with Gasteiger partial charge in [-0.25, -0.2) is 13.4 Å². The Morgan fingerprint density at radius 1 is 1.24 bits per heavy atom. The van der Waals surface area contributed by atoms with Crippen LogP contribution in [0.4, 0.5) is 10.8 Å². The summed E-state index contributed by atoms with van der Waals surface area (Å²) >= 11 is 1.59. The fourth-order valence-electron chi connectivity index (χ4n) is 4.05. The van der Waals surface area contributed by atoms with E-state index >= 15 is 0 Å². The number of likely N-dealkylation sites (tertiary alicyclic amines) is 1. The van der Waals surface area contributed by atoms with Gasteiger partial charge in [0, 0.05) is 29.1 Å². The Hall–Kier alpha value is -2.75. The van der Waals surface area contributed by atoms with Crippen LogP contribution in [0.1, 0.15) is 23.3 Å². The number of aryl methyl sites for hydroxylation is 1. The van der Waals surface area contributed by atoms with E-state index in [1.54, 1.807) is 35.6 Å². The number of ether oxygens (including phenoxy) is 1. The molecule has 1 fully saturated rings. The van der Waals surface area contributed by atoms with Crippen LogP contribution in [0.25, 0.3) is 0 Å². The summed E-state index contributed by atoms with van der Waals surface area (Å²) in [5.74, 6) is 1.28. The second kappa shape index (κ2) is 10.0. The van der Waals surface area contributed by atoms with E-state index in [1.165, 1.54) is 6.26 Å². The fraction of sp³-hybridized carbons (Fsp3) is 0.333. The number of nitrogens with zero attached hydrogens (tertiary/aromatic N) is 2. The molecule has 2 aromatic carbocycles. The third-order valence-corrected chi connectivity index (χ3v) is 7.63. The van der Waals surface area contributed by atoms with Crippen molar-refractivity contribution >= 4 is 38.3 Å². The highest BCUT2D eigenvalue weighted by Gasteiger charge is 2.25. The zero-order valence-electron chi connectivity index (χ0n) is 18.7. The van der Waals surface area contributed by atoms with Crippen LogP contribution < -0.4 is 10.1 Å². The van der Waals surface area contributed by atoms with Gasteiger partial charge in [0.1, 0.15) is 17.8 Å². The van der Waals surface area contributed by atoms with E-state index < -0.39 is 9.84 Å². The predicted octanol–water partition coefficient (Wildman–Crippen LogP) is 4.60. The van der Waals surface area contributed by atoms with E-state index in [1.807, 2.05) is 25.3 Å². The van der Waals surface area contributed by atoms with Crippen molar-refractivity contribution in [1.82, 2.24) is 9.88 Å². The Bertz CT molecular complexity index is 1220. The van der Waals surface area contributed by atoms with Gasteiger partial charge in [0.25, 0.3) is 0 Å². The van der Waals surface area contributed by atoms with E-state index in [-0.39, 0.29) is 10.9 Å². The smallest absolute Gasteiger partial charge is 0.187 e. The summed E-state index contributed by atoms with van der Waals surface area (Å²) in [5, 5.41) is 4.18. The minimum absolute atomic E-state index is 0.254. The van der Waals surface area contributed by atoms with E-state index in [4.69, 9.17) is 4.74 Å². The van der Waals surface area contributed by atoms with Crippen molar-refractivity contribution < 1.29 is 17.9 Å². The molecule has 174 valence electrons. The van der Waals surface area contributed by atoms with Crippen LogP contribution in [0.2, 0.25) is 0 Å². The van der Waals surface area contributed by atoms with Crippen molar-refractivity contribution in [3.8, 4) is 11.5 Å². The monoisotopic (exact) mass is 485 g/mol. The predicted molar refractivity (Wildman–Crippen MR) is 131 cm³/mol. The number of hydrogen-bond acceptors (Lipinski definition) is 8. The normalized spacial score (nSPS) is 16.6. The second-order valence-corrected chi connectivity index (χ2v) is 11.5. The van der Waals surface area contributed by atoms with Gasteiger partial charge in [0.2, 0.25) is 0 Å². The van der Waals surface area contributed by atoms with Crippen molar-refractivity contribution in [3.63, 3.8) is 0 Å². The van der Waals surface area contributed by atoms with Gasteiger partial charge in [-0.2, -0.15) is 0 Å². The molecule has 1 aliphatic heterocycles. The third kappa shape index (κ3) is 5.98. The molecule has 0 spiro atoms. The van der Waals surface area contributed by atoms with Crippen LogP contribution in [-0.4, -0.2) is 50.0 Å². The van der Waals surface area contributed by atoms with E-state index in [0.717, 1.165) is 53.4 Å². The lowest BCUT2D eigenvalue weighted by molar-refractivity contribution is -0.109. The number of hydrogen-bond donors (Lipinski definition) is 1. The molecule has 1 saturated heterocycles. The summed E-state index contributed by atoms with van der Waals surface area (Å²) in [7, 11) is -3.26. The average Bonchev–Trinajstić information content (AvgIpc) is 3.38. The summed E-state index contributed by atoms with van der Waals surface area (Å²) in [5.41, 5.74) is 1.93.